The molecule has 0 unspecified atom stereocenters. The average molecular weight is 360 g/mol. The van der Waals surface area contributed by atoms with E-state index in [0.29, 0.717) is 37.4 Å². The van der Waals surface area contributed by atoms with Crippen LogP contribution in [0.15, 0.2) is 36.7 Å². The van der Waals surface area contributed by atoms with Crippen LogP contribution in [-0.4, -0.2) is 52.8 Å². The SMILES string of the molecule is CC(=O)N1CCN(C(=O)c2cncc(Nc3ccc(F)cc3F)c2)CC1. The zero-order valence-corrected chi connectivity index (χ0v) is 14.2. The lowest BCUT2D eigenvalue weighted by atomic mass is 10.2. The summed E-state index contributed by atoms with van der Waals surface area (Å²) in [5, 5.41) is 2.79. The molecule has 1 N–H and O–H groups in total. The van der Waals surface area contributed by atoms with Crippen molar-refractivity contribution in [1.29, 1.82) is 0 Å². The molecule has 6 nitrogen and oxygen atoms in total. The van der Waals surface area contributed by atoms with E-state index in [2.05, 4.69) is 10.3 Å². The van der Waals surface area contributed by atoms with Gasteiger partial charge in [0, 0.05) is 45.4 Å². The fourth-order valence-electron chi connectivity index (χ4n) is 2.78. The first-order valence-corrected chi connectivity index (χ1v) is 8.16. The first kappa shape index (κ1) is 17.8. The molecular formula is C18H18F2N4O2. The molecule has 8 heteroatoms. The van der Waals surface area contributed by atoms with Gasteiger partial charge < -0.3 is 15.1 Å². The second-order valence-corrected chi connectivity index (χ2v) is 6.01. The number of benzene rings is 1. The van der Waals surface area contributed by atoms with Crippen molar-refractivity contribution >= 4 is 23.2 Å². The Bertz CT molecular complexity index is 836. The number of nitrogens with zero attached hydrogens (tertiary/aromatic N) is 3. The molecule has 0 radical (unpaired) electrons. The van der Waals surface area contributed by atoms with Gasteiger partial charge in [-0.25, -0.2) is 8.78 Å². The minimum Gasteiger partial charge on any atom is -0.352 e. The number of halogens is 2. The van der Waals surface area contributed by atoms with Gasteiger partial charge in [0.15, 0.2) is 0 Å². The van der Waals surface area contributed by atoms with E-state index in [1.54, 1.807) is 15.9 Å². The Morgan fingerprint density at radius 1 is 1.04 bits per heavy atom. The summed E-state index contributed by atoms with van der Waals surface area (Å²) in [5.41, 5.74) is 0.866. The number of aromatic nitrogens is 1. The molecule has 0 spiro atoms. The van der Waals surface area contributed by atoms with E-state index in [-0.39, 0.29) is 17.5 Å². The van der Waals surface area contributed by atoms with Gasteiger partial charge in [0.25, 0.3) is 5.91 Å². The lowest BCUT2D eigenvalue weighted by Crippen LogP contribution is -2.50. The molecule has 1 aliphatic heterocycles. The van der Waals surface area contributed by atoms with Crippen LogP contribution in [0.2, 0.25) is 0 Å². The van der Waals surface area contributed by atoms with E-state index < -0.39 is 11.6 Å². The topological polar surface area (TPSA) is 65.5 Å². The van der Waals surface area contributed by atoms with E-state index in [0.717, 1.165) is 12.1 Å². The molecule has 1 aliphatic rings. The molecule has 0 bridgehead atoms. The van der Waals surface area contributed by atoms with E-state index >= 15 is 0 Å². The van der Waals surface area contributed by atoms with Gasteiger partial charge in [0.1, 0.15) is 11.6 Å². The molecule has 1 saturated heterocycles. The summed E-state index contributed by atoms with van der Waals surface area (Å²) in [6.45, 7) is 3.39. The number of carbonyl (C=O) groups is 2. The van der Waals surface area contributed by atoms with Crippen LogP contribution in [0.4, 0.5) is 20.2 Å². The minimum atomic E-state index is -0.734. The van der Waals surface area contributed by atoms with Crippen LogP contribution < -0.4 is 5.32 Å². The maximum absolute atomic E-state index is 13.8. The number of piperazine rings is 1. The molecule has 1 aromatic heterocycles. The number of hydrogen-bond donors (Lipinski definition) is 1. The second kappa shape index (κ2) is 7.47. The molecular weight excluding hydrogens is 342 g/mol. The summed E-state index contributed by atoms with van der Waals surface area (Å²) in [7, 11) is 0. The Labute approximate surface area is 149 Å². The maximum atomic E-state index is 13.8. The van der Waals surface area contributed by atoms with Gasteiger partial charge in [-0.05, 0) is 18.2 Å². The number of hydrogen-bond acceptors (Lipinski definition) is 4. The number of pyridine rings is 1. The van der Waals surface area contributed by atoms with Gasteiger partial charge in [-0.2, -0.15) is 0 Å². The van der Waals surface area contributed by atoms with E-state index in [4.69, 9.17) is 0 Å². The fourth-order valence-corrected chi connectivity index (χ4v) is 2.78. The van der Waals surface area contributed by atoms with Crippen molar-refractivity contribution in [1.82, 2.24) is 14.8 Å². The van der Waals surface area contributed by atoms with Crippen LogP contribution in [-0.2, 0) is 4.79 Å². The van der Waals surface area contributed by atoms with Gasteiger partial charge >= 0.3 is 0 Å². The summed E-state index contributed by atoms with van der Waals surface area (Å²) >= 11 is 0. The molecule has 0 aliphatic carbocycles. The zero-order chi connectivity index (χ0) is 18.7. The van der Waals surface area contributed by atoms with Crippen molar-refractivity contribution in [3.8, 4) is 0 Å². The van der Waals surface area contributed by atoms with Gasteiger partial charge in [-0.15, -0.1) is 0 Å². The Morgan fingerprint density at radius 3 is 2.38 bits per heavy atom. The molecule has 2 heterocycles. The zero-order valence-electron chi connectivity index (χ0n) is 14.2. The van der Waals surface area contributed by atoms with Crippen LogP contribution in [0.5, 0.6) is 0 Å². The van der Waals surface area contributed by atoms with Gasteiger partial charge in [0.05, 0.1) is 23.1 Å². The molecule has 1 aromatic carbocycles. The minimum absolute atomic E-state index is 0.00807. The summed E-state index contributed by atoms with van der Waals surface area (Å²) < 4.78 is 26.7. The highest BCUT2D eigenvalue weighted by Crippen LogP contribution is 2.21. The smallest absolute Gasteiger partial charge is 0.255 e. The van der Waals surface area contributed by atoms with E-state index in [1.165, 1.54) is 25.4 Å². The molecule has 2 aromatic rings. The monoisotopic (exact) mass is 360 g/mol. The molecule has 136 valence electrons. The first-order chi connectivity index (χ1) is 12.4. The van der Waals surface area contributed by atoms with Crippen molar-refractivity contribution in [2.75, 3.05) is 31.5 Å². The number of rotatable bonds is 3. The number of anilines is 2. The lowest BCUT2D eigenvalue weighted by molar-refractivity contribution is -0.130. The molecule has 1 fully saturated rings. The largest absolute Gasteiger partial charge is 0.352 e. The average Bonchev–Trinajstić information content (AvgIpc) is 2.64. The summed E-state index contributed by atoms with van der Waals surface area (Å²) in [6, 6.07) is 4.76. The Kier molecular flexibility index (Phi) is 5.11. The van der Waals surface area contributed by atoms with Crippen LogP contribution in [0.3, 0.4) is 0 Å². The quantitative estimate of drug-likeness (QED) is 0.913. The van der Waals surface area contributed by atoms with Crippen molar-refractivity contribution in [2.45, 2.75) is 6.92 Å². The summed E-state index contributed by atoms with van der Waals surface area (Å²) in [4.78, 5) is 31.3. The number of carbonyl (C=O) groups excluding carboxylic acids is 2. The highest BCUT2D eigenvalue weighted by molar-refractivity contribution is 5.95. The van der Waals surface area contributed by atoms with Crippen molar-refractivity contribution in [2.24, 2.45) is 0 Å². The molecule has 0 atom stereocenters. The highest BCUT2D eigenvalue weighted by atomic mass is 19.1. The van der Waals surface area contributed by atoms with Crippen molar-refractivity contribution in [3.63, 3.8) is 0 Å². The summed E-state index contributed by atoms with van der Waals surface area (Å²) in [6.07, 6.45) is 2.89. The Morgan fingerprint density at radius 2 is 1.73 bits per heavy atom. The first-order valence-electron chi connectivity index (χ1n) is 8.16. The third kappa shape index (κ3) is 3.96. The lowest BCUT2D eigenvalue weighted by Gasteiger charge is -2.34. The second-order valence-electron chi connectivity index (χ2n) is 6.01. The number of amides is 2. The third-order valence-electron chi connectivity index (χ3n) is 4.21. The predicted molar refractivity (Wildman–Crippen MR) is 92.0 cm³/mol. The molecule has 0 saturated carbocycles. The molecule has 26 heavy (non-hydrogen) atoms. The molecule has 3 rings (SSSR count). The van der Waals surface area contributed by atoms with Crippen molar-refractivity contribution in [3.05, 3.63) is 53.9 Å². The maximum Gasteiger partial charge on any atom is 0.255 e. The van der Waals surface area contributed by atoms with Crippen molar-refractivity contribution < 1.29 is 18.4 Å². The van der Waals surface area contributed by atoms with Crippen LogP contribution in [0.25, 0.3) is 0 Å². The highest BCUT2D eigenvalue weighted by Gasteiger charge is 2.23. The third-order valence-corrected chi connectivity index (χ3v) is 4.21. The van der Waals surface area contributed by atoms with Crippen LogP contribution >= 0.6 is 0 Å². The van der Waals surface area contributed by atoms with Crippen LogP contribution in [0.1, 0.15) is 17.3 Å². The summed E-state index contributed by atoms with van der Waals surface area (Å²) in [5.74, 6) is -1.61. The fraction of sp³-hybridized carbons (Fsp3) is 0.278. The molecule has 2 amide bonds. The van der Waals surface area contributed by atoms with E-state index in [1.807, 2.05) is 0 Å². The van der Waals surface area contributed by atoms with E-state index in [9.17, 15) is 18.4 Å². The van der Waals surface area contributed by atoms with Crippen LogP contribution in [0, 0.1) is 11.6 Å². The normalized spacial score (nSPS) is 14.3. The van der Waals surface area contributed by atoms with Gasteiger partial charge in [0.2, 0.25) is 5.91 Å². The predicted octanol–water partition coefficient (Wildman–Crippen LogP) is 2.41. The Hall–Kier alpha value is -3.03. The standard InChI is InChI=1S/C18H18F2N4O2/c1-12(25)23-4-6-24(7-5-23)18(26)13-8-15(11-21-10-13)22-17-3-2-14(19)9-16(17)20/h2-3,8-11,22H,4-7H2,1H3. The van der Waals surface area contributed by atoms with Gasteiger partial charge in [-0.1, -0.05) is 0 Å². The number of nitrogens with one attached hydrogen (secondary N) is 1. The van der Waals surface area contributed by atoms with Gasteiger partial charge in [-0.3, -0.25) is 14.6 Å². The Balaban J connectivity index is 1.71.